The van der Waals surface area contributed by atoms with Crippen LogP contribution < -0.4 is 21.5 Å². The molecule has 5 rings (SSSR count). The van der Waals surface area contributed by atoms with Crippen molar-refractivity contribution in [1.29, 1.82) is 0 Å². The predicted molar refractivity (Wildman–Crippen MR) is 126 cm³/mol. The normalized spacial score (nSPS) is 17.5. The van der Waals surface area contributed by atoms with Crippen LogP contribution in [0.3, 0.4) is 0 Å². The van der Waals surface area contributed by atoms with E-state index in [1.807, 2.05) is 0 Å². The minimum atomic E-state index is -0.794. The number of carbonyl (C=O) groups is 1. The zero-order chi connectivity index (χ0) is 24.5. The summed E-state index contributed by atoms with van der Waals surface area (Å²) in [6.07, 6.45) is 2.12. The molecule has 35 heavy (non-hydrogen) atoms. The van der Waals surface area contributed by atoms with Crippen molar-refractivity contribution in [2.45, 2.75) is 12.1 Å². The van der Waals surface area contributed by atoms with Crippen LogP contribution in [0.5, 0.6) is 0 Å². The lowest BCUT2D eigenvalue weighted by atomic mass is 10.2. The summed E-state index contributed by atoms with van der Waals surface area (Å²) in [6, 6.07) is 10.0. The first-order valence-electron chi connectivity index (χ1n) is 10.8. The van der Waals surface area contributed by atoms with E-state index in [9.17, 15) is 19.1 Å². The molecule has 180 valence electrons. The zero-order valence-electron chi connectivity index (χ0n) is 18.6. The maximum absolute atomic E-state index is 13.7. The van der Waals surface area contributed by atoms with E-state index in [0.717, 1.165) is 0 Å². The number of amides is 1. The van der Waals surface area contributed by atoms with Crippen LogP contribution in [0.2, 0.25) is 0 Å². The van der Waals surface area contributed by atoms with Crippen LogP contribution in [0.15, 0.2) is 59.7 Å². The van der Waals surface area contributed by atoms with Crippen LogP contribution in [-0.2, 0) is 4.74 Å². The van der Waals surface area contributed by atoms with Gasteiger partial charge in [0.2, 0.25) is 0 Å². The Morgan fingerprint density at radius 3 is 2.83 bits per heavy atom. The Balaban J connectivity index is 1.49. The number of aliphatic hydroxyl groups is 1. The minimum Gasteiger partial charge on any atom is -0.388 e. The molecule has 0 unspecified atom stereocenters. The van der Waals surface area contributed by atoms with Gasteiger partial charge in [0.15, 0.2) is 5.65 Å². The van der Waals surface area contributed by atoms with Gasteiger partial charge in [-0.2, -0.15) is 9.61 Å². The number of anilines is 3. The summed E-state index contributed by atoms with van der Waals surface area (Å²) in [4.78, 5) is 30.4. The standard InChI is InChI=1S/C23H22FN7O4/c1-25-20-9-19(27-16-6-3-7-30(23(16)34)14-5-2-4-13(24)8-14)29-21-15(10-26-31(20)21)22(33)28-17-11-35-12-18(17)32/h2-10,17-18,25,32H,11-12H2,1H3,(H,27,29)(H,28,33)/t17-,18+/m1/s1. The highest BCUT2D eigenvalue weighted by molar-refractivity contribution is 6.00. The first-order valence-corrected chi connectivity index (χ1v) is 10.8. The summed E-state index contributed by atoms with van der Waals surface area (Å²) in [5, 5.41) is 22.9. The second-order valence-electron chi connectivity index (χ2n) is 7.96. The molecule has 0 bridgehead atoms. The number of nitrogens with zero attached hydrogens (tertiary/aromatic N) is 4. The Morgan fingerprint density at radius 2 is 2.09 bits per heavy atom. The van der Waals surface area contributed by atoms with E-state index >= 15 is 0 Å². The van der Waals surface area contributed by atoms with Crippen molar-refractivity contribution in [2.75, 3.05) is 30.9 Å². The summed E-state index contributed by atoms with van der Waals surface area (Å²) >= 11 is 0. The summed E-state index contributed by atoms with van der Waals surface area (Å²) < 4.78 is 21.6. The van der Waals surface area contributed by atoms with Crippen molar-refractivity contribution in [3.63, 3.8) is 0 Å². The number of carbonyl (C=O) groups excluding carboxylic acids is 1. The fourth-order valence-corrected chi connectivity index (χ4v) is 3.85. The molecule has 1 fully saturated rings. The van der Waals surface area contributed by atoms with Crippen molar-refractivity contribution >= 4 is 28.9 Å². The number of rotatable bonds is 6. The molecule has 2 atom stereocenters. The third-order valence-electron chi connectivity index (χ3n) is 5.64. The van der Waals surface area contributed by atoms with Gasteiger partial charge in [-0.1, -0.05) is 6.07 Å². The largest absolute Gasteiger partial charge is 0.388 e. The molecule has 1 aromatic carbocycles. The average Bonchev–Trinajstić information content (AvgIpc) is 3.46. The summed E-state index contributed by atoms with van der Waals surface area (Å²) in [5.41, 5.74) is 0.604. The average molecular weight is 479 g/mol. The fraction of sp³-hybridized carbons (Fsp3) is 0.217. The van der Waals surface area contributed by atoms with Crippen LogP contribution in [0.4, 0.5) is 21.7 Å². The third kappa shape index (κ3) is 4.32. The van der Waals surface area contributed by atoms with E-state index in [1.54, 1.807) is 37.5 Å². The molecule has 0 aliphatic carbocycles. The highest BCUT2D eigenvalue weighted by Crippen LogP contribution is 2.21. The molecule has 4 N–H and O–H groups in total. The summed E-state index contributed by atoms with van der Waals surface area (Å²) in [7, 11) is 1.69. The van der Waals surface area contributed by atoms with Crippen molar-refractivity contribution in [3.05, 3.63) is 76.6 Å². The molecule has 12 heteroatoms. The first kappa shape index (κ1) is 22.5. The Morgan fingerprint density at radius 1 is 1.23 bits per heavy atom. The smallest absolute Gasteiger partial charge is 0.278 e. The highest BCUT2D eigenvalue weighted by atomic mass is 19.1. The van der Waals surface area contributed by atoms with Gasteiger partial charge in [-0.05, 0) is 30.3 Å². The Bertz CT molecular complexity index is 1470. The number of benzene rings is 1. The topological polar surface area (TPSA) is 135 Å². The van der Waals surface area contributed by atoms with Gasteiger partial charge in [0, 0.05) is 19.3 Å². The van der Waals surface area contributed by atoms with Crippen molar-refractivity contribution in [1.82, 2.24) is 24.5 Å². The van der Waals surface area contributed by atoms with E-state index in [-0.39, 0.29) is 35.9 Å². The molecule has 1 aliphatic rings. The first-order chi connectivity index (χ1) is 16.9. The molecule has 0 radical (unpaired) electrons. The van der Waals surface area contributed by atoms with E-state index in [1.165, 1.54) is 33.5 Å². The second kappa shape index (κ2) is 9.16. The maximum atomic E-state index is 13.7. The SMILES string of the molecule is CNc1cc(Nc2cccn(-c3cccc(F)c3)c2=O)nc2c(C(=O)N[C@@H]3COC[C@@H]3O)cnn12. The van der Waals surface area contributed by atoms with Crippen LogP contribution in [0.25, 0.3) is 11.3 Å². The molecule has 3 aromatic heterocycles. The van der Waals surface area contributed by atoms with E-state index < -0.39 is 29.4 Å². The number of ether oxygens (including phenoxy) is 1. The Labute approximate surface area is 198 Å². The number of hydrogen-bond donors (Lipinski definition) is 4. The monoisotopic (exact) mass is 479 g/mol. The van der Waals surface area contributed by atoms with Crippen molar-refractivity contribution < 1.29 is 19.0 Å². The fourth-order valence-electron chi connectivity index (χ4n) is 3.85. The van der Waals surface area contributed by atoms with Gasteiger partial charge in [-0.25, -0.2) is 9.37 Å². The zero-order valence-corrected chi connectivity index (χ0v) is 18.6. The highest BCUT2D eigenvalue weighted by Gasteiger charge is 2.29. The number of fused-ring (bicyclic) bond motifs is 1. The van der Waals surface area contributed by atoms with Gasteiger partial charge in [0.1, 0.15) is 28.7 Å². The van der Waals surface area contributed by atoms with E-state index in [0.29, 0.717) is 11.5 Å². The number of halogens is 1. The molecule has 1 aliphatic heterocycles. The van der Waals surface area contributed by atoms with Crippen LogP contribution in [0, 0.1) is 5.82 Å². The summed E-state index contributed by atoms with van der Waals surface area (Å²) in [6.45, 7) is 0.361. The number of hydrogen-bond acceptors (Lipinski definition) is 8. The Hall–Kier alpha value is -4.29. The second-order valence-corrected chi connectivity index (χ2v) is 7.96. The maximum Gasteiger partial charge on any atom is 0.278 e. The molecule has 1 amide bonds. The number of aliphatic hydroxyl groups excluding tert-OH is 1. The van der Waals surface area contributed by atoms with Crippen molar-refractivity contribution in [2.24, 2.45) is 0 Å². The van der Waals surface area contributed by atoms with Gasteiger partial charge in [-0.15, -0.1) is 0 Å². The lowest BCUT2D eigenvalue weighted by molar-refractivity contribution is 0.0888. The number of pyridine rings is 1. The Kier molecular flexibility index (Phi) is 5.89. The lowest BCUT2D eigenvalue weighted by Gasteiger charge is -2.14. The van der Waals surface area contributed by atoms with E-state index in [2.05, 4.69) is 26.0 Å². The molecule has 0 spiro atoms. The third-order valence-corrected chi connectivity index (χ3v) is 5.64. The quantitative estimate of drug-likeness (QED) is 0.325. The number of nitrogens with one attached hydrogen (secondary N) is 3. The molecular formula is C23H22FN7O4. The molecule has 1 saturated heterocycles. The molecule has 11 nitrogen and oxygen atoms in total. The van der Waals surface area contributed by atoms with Gasteiger partial charge >= 0.3 is 0 Å². The van der Waals surface area contributed by atoms with Gasteiger partial charge in [0.05, 0.1) is 37.2 Å². The van der Waals surface area contributed by atoms with Crippen LogP contribution in [0.1, 0.15) is 10.4 Å². The summed E-state index contributed by atoms with van der Waals surface area (Å²) in [5.74, 6) is -0.118. The lowest BCUT2D eigenvalue weighted by Crippen LogP contribution is -2.42. The van der Waals surface area contributed by atoms with Crippen molar-refractivity contribution in [3.8, 4) is 5.69 Å². The molecular weight excluding hydrogens is 457 g/mol. The van der Waals surface area contributed by atoms with Crippen LogP contribution >= 0.6 is 0 Å². The molecule has 4 heterocycles. The predicted octanol–water partition coefficient (Wildman–Crippen LogP) is 1.29. The van der Waals surface area contributed by atoms with Gasteiger partial charge in [-0.3, -0.25) is 14.2 Å². The minimum absolute atomic E-state index is 0.153. The molecule has 4 aromatic rings. The van der Waals surface area contributed by atoms with Crippen LogP contribution in [-0.4, -0.2) is 62.6 Å². The van der Waals surface area contributed by atoms with Gasteiger partial charge < -0.3 is 25.8 Å². The number of aromatic nitrogens is 4. The van der Waals surface area contributed by atoms with E-state index in [4.69, 9.17) is 4.74 Å². The van der Waals surface area contributed by atoms with Gasteiger partial charge in [0.25, 0.3) is 11.5 Å². The molecule has 0 saturated carbocycles.